The van der Waals surface area contributed by atoms with Gasteiger partial charge in [-0.05, 0) is 26.3 Å². The van der Waals surface area contributed by atoms with E-state index in [-0.39, 0.29) is 18.1 Å². The second kappa shape index (κ2) is 14.4. The van der Waals surface area contributed by atoms with Crippen LogP contribution in [0.3, 0.4) is 0 Å². The van der Waals surface area contributed by atoms with Crippen molar-refractivity contribution < 1.29 is 34.1 Å². The zero-order valence-corrected chi connectivity index (χ0v) is 13.7. The van der Waals surface area contributed by atoms with E-state index in [1.807, 2.05) is 0 Å². The maximum absolute atomic E-state index is 10.9. The number of aliphatic hydroxyl groups is 1. The Morgan fingerprint density at radius 3 is 2.09 bits per heavy atom. The second-order valence-corrected chi connectivity index (χ2v) is 4.25. The minimum atomic E-state index is -1.20. The molecule has 0 unspecified atom stereocenters. The number of esters is 2. The van der Waals surface area contributed by atoms with Gasteiger partial charge in [-0.15, -0.1) is 0 Å². The van der Waals surface area contributed by atoms with Crippen LogP contribution in [-0.4, -0.2) is 41.3 Å². The molecule has 0 aromatic rings. The van der Waals surface area contributed by atoms with Crippen LogP contribution in [0, 0.1) is 0 Å². The molecule has 0 amide bonds. The number of unbranched alkanes of at least 4 members (excludes halogenated alkanes) is 1. The molecule has 7 nitrogen and oxygen atoms in total. The van der Waals surface area contributed by atoms with E-state index in [4.69, 9.17) is 14.9 Å². The summed E-state index contributed by atoms with van der Waals surface area (Å²) in [5, 5.41) is 16.8. The van der Waals surface area contributed by atoms with E-state index in [2.05, 4.69) is 18.2 Å². The van der Waals surface area contributed by atoms with Crippen LogP contribution in [0.4, 0.5) is 0 Å². The molecular formula is C16H24O7. The SMILES string of the molecule is C=C(C)C(=O)OCCCC.CCOC(=O)C(C=CC(=O)O)=CO. The molecule has 0 aliphatic heterocycles. The minimum absolute atomic E-state index is 0.164. The van der Waals surface area contributed by atoms with Crippen LogP contribution < -0.4 is 0 Å². The Kier molecular flexibility index (Phi) is 14.2. The van der Waals surface area contributed by atoms with E-state index in [0.29, 0.717) is 18.4 Å². The van der Waals surface area contributed by atoms with Crippen molar-refractivity contribution in [2.24, 2.45) is 0 Å². The fraction of sp³-hybridized carbons (Fsp3) is 0.438. The number of aliphatic hydroxyl groups excluding tert-OH is 1. The van der Waals surface area contributed by atoms with Crippen molar-refractivity contribution in [3.05, 3.63) is 36.1 Å². The lowest BCUT2D eigenvalue weighted by molar-refractivity contribution is -0.139. The van der Waals surface area contributed by atoms with Crippen molar-refractivity contribution in [1.82, 2.24) is 0 Å². The summed E-state index contributed by atoms with van der Waals surface area (Å²) >= 11 is 0. The number of hydrogen-bond acceptors (Lipinski definition) is 6. The molecule has 0 heterocycles. The number of ether oxygens (including phenoxy) is 2. The van der Waals surface area contributed by atoms with E-state index in [1.165, 1.54) is 0 Å². The van der Waals surface area contributed by atoms with Gasteiger partial charge in [0.2, 0.25) is 0 Å². The highest BCUT2D eigenvalue weighted by molar-refractivity contribution is 5.93. The molecule has 0 atom stereocenters. The average molecular weight is 328 g/mol. The number of carbonyl (C=O) groups is 3. The predicted molar refractivity (Wildman–Crippen MR) is 84.8 cm³/mol. The lowest BCUT2D eigenvalue weighted by atomic mass is 10.3. The normalized spacial score (nSPS) is 10.5. The zero-order valence-electron chi connectivity index (χ0n) is 13.7. The summed E-state index contributed by atoms with van der Waals surface area (Å²) in [7, 11) is 0. The first kappa shape index (κ1) is 22.7. The molecule has 0 saturated heterocycles. The van der Waals surface area contributed by atoms with Crippen LogP contribution in [0.5, 0.6) is 0 Å². The summed E-state index contributed by atoms with van der Waals surface area (Å²) in [4.78, 5) is 31.6. The van der Waals surface area contributed by atoms with Gasteiger partial charge in [-0.1, -0.05) is 19.9 Å². The van der Waals surface area contributed by atoms with Crippen molar-refractivity contribution in [3.63, 3.8) is 0 Å². The lowest BCUT2D eigenvalue weighted by Crippen LogP contribution is -2.06. The number of aliphatic carboxylic acids is 1. The van der Waals surface area contributed by atoms with Crippen LogP contribution in [-0.2, 0) is 23.9 Å². The Hall–Kier alpha value is -2.57. The van der Waals surface area contributed by atoms with Gasteiger partial charge >= 0.3 is 17.9 Å². The first-order valence-corrected chi connectivity index (χ1v) is 7.05. The summed E-state index contributed by atoms with van der Waals surface area (Å²) in [5.41, 5.74) is 0.264. The highest BCUT2D eigenvalue weighted by atomic mass is 16.5. The van der Waals surface area contributed by atoms with Crippen LogP contribution in [0.15, 0.2) is 36.1 Å². The van der Waals surface area contributed by atoms with Gasteiger partial charge in [0, 0.05) is 11.6 Å². The minimum Gasteiger partial charge on any atom is -0.515 e. The van der Waals surface area contributed by atoms with Gasteiger partial charge < -0.3 is 19.7 Å². The van der Waals surface area contributed by atoms with Crippen LogP contribution in [0.2, 0.25) is 0 Å². The number of carboxylic acids is 1. The first-order valence-electron chi connectivity index (χ1n) is 7.05. The van der Waals surface area contributed by atoms with Crippen molar-refractivity contribution >= 4 is 17.9 Å². The third-order valence-electron chi connectivity index (χ3n) is 2.14. The summed E-state index contributed by atoms with van der Waals surface area (Å²) in [6, 6.07) is 0. The Balaban J connectivity index is 0. The monoisotopic (exact) mass is 328 g/mol. The smallest absolute Gasteiger partial charge is 0.341 e. The summed E-state index contributed by atoms with van der Waals surface area (Å²) < 4.78 is 9.32. The molecule has 0 saturated carbocycles. The van der Waals surface area contributed by atoms with Gasteiger partial charge in [-0.3, -0.25) is 0 Å². The molecule has 0 aliphatic carbocycles. The molecule has 0 fully saturated rings. The average Bonchev–Trinajstić information content (AvgIpc) is 2.48. The number of carboxylic acid groups (broad SMARTS) is 1. The molecule has 23 heavy (non-hydrogen) atoms. The summed E-state index contributed by atoms with van der Waals surface area (Å²) in [6.07, 6.45) is 4.17. The molecule has 0 rings (SSSR count). The first-order chi connectivity index (χ1) is 10.8. The number of hydrogen-bond donors (Lipinski definition) is 2. The van der Waals surface area contributed by atoms with Crippen molar-refractivity contribution in [1.29, 1.82) is 0 Å². The Morgan fingerprint density at radius 2 is 1.70 bits per heavy atom. The molecule has 0 spiro atoms. The molecule has 0 radical (unpaired) electrons. The third-order valence-corrected chi connectivity index (χ3v) is 2.14. The zero-order chi connectivity index (χ0) is 18.3. The van der Waals surface area contributed by atoms with Gasteiger partial charge in [0.15, 0.2) is 0 Å². The molecule has 130 valence electrons. The highest BCUT2D eigenvalue weighted by Crippen LogP contribution is 1.99. The molecule has 7 heteroatoms. The molecule has 0 aromatic carbocycles. The number of rotatable bonds is 8. The molecule has 2 N–H and O–H groups in total. The van der Waals surface area contributed by atoms with Gasteiger partial charge in [-0.2, -0.15) is 0 Å². The van der Waals surface area contributed by atoms with Gasteiger partial charge in [0.1, 0.15) is 0 Å². The van der Waals surface area contributed by atoms with Crippen LogP contribution in [0.25, 0.3) is 0 Å². The largest absolute Gasteiger partial charge is 0.515 e. The van der Waals surface area contributed by atoms with E-state index in [1.54, 1.807) is 13.8 Å². The Labute approximate surface area is 135 Å². The maximum Gasteiger partial charge on any atom is 0.341 e. The van der Waals surface area contributed by atoms with Crippen LogP contribution >= 0.6 is 0 Å². The van der Waals surface area contributed by atoms with Gasteiger partial charge in [0.25, 0.3) is 0 Å². The Morgan fingerprint density at radius 1 is 1.09 bits per heavy atom. The van der Waals surface area contributed by atoms with Gasteiger partial charge in [0.05, 0.1) is 25.0 Å². The quantitative estimate of drug-likeness (QED) is 0.231. The van der Waals surface area contributed by atoms with E-state index in [9.17, 15) is 14.4 Å². The van der Waals surface area contributed by atoms with Crippen molar-refractivity contribution in [2.75, 3.05) is 13.2 Å². The van der Waals surface area contributed by atoms with Crippen molar-refractivity contribution in [3.8, 4) is 0 Å². The highest BCUT2D eigenvalue weighted by Gasteiger charge is 2.06. The third kappa shape index (κ3) is 14.1. The second-order valence-electron chi connectivity index (χ2n) is 4.25. The molecule has 0 bridgehead atoms. The van der Waals surface area contributed by atoms with E-state index < -0.39 is 11.9 Å². The standard InChI is InChI=1S/C8H10O5.C8H14O2/c1-2-13-8(12)6(5-9)3-4-7(10)11;1-4-5-6-10-8(9)7(2)3/h3-5,9H,2H2,1H3,(H,10,11);2,4-6H2,1,3H3. The molecule has 0 aliphatic rings. The topological polar surface area (TPSA) is 110 Å². The molecular weight excluding hydrogens is 304 g/mol. The predicted octanol–water partition coefficient (Wildman–Crippen LogP) is 2.54. The van der Waals surface area contributed by atoms with E-state index in [0.717, 1.165) is 25.0 Å². The fourth-order valence-corrected chi connectivity index (χ4v) is 0.972. The van der Waals surface area contributed by atoms with E-state index >= 15 is 0 Å². The fourth-order valence-electron chi connectivity index (χ4n) is 0.972. The van der Waals surface area contributed by atoms with Gasteiger partial charge in [-0.25, -0.2) is 14.4 Å². The molecule has 0 aromatic heterocycles. The number of carbonyl (C=O) groups excluding carboxylic acids is 2. The lowest BCUT2D eigenvalue weighted by Gasteiger charge is -2.01. The van der Waals surface area contributed by atoms with Crippen molar-refractivity contribution in [2.45, 2.75) is 33.6 Å². The summed E-state index contributed by atoms with van der Waals surface area (Å²) in [5.74, 6) is -2.25. The summed E-state index contributed by atoms with van der Waals surface area (Å²) in [6.45, 7) is 9.44. The maximum atomic E-state index is 10.9. The Bertz CT molecular complexity index is 461. The van der Waals surface area contributed by atoms with Crippen LogP contribution in [0.1, 0.15) is 33.6 Å².